The van der Waals surface area contributed by atoms with Crippen molar-refractivity contribution in [2.24, 2.45) is 5.73 Å². The Kier molecular flexibility index (Phi) is 8.83. The maximum atomic E-state index is 12.1. The molecule has 0 aliphatic rings. The standard InChI is InChI=1S/C13H18F2N2O2.ClH/c1-9(17-12(18)6-3-7-16)10-4-2-5-11(8-10)19-13(14)15;/h2,4-5,8-9,13H,3,6-7,16H2,1H3,(H,17,18);1H. The number of amides is 1. The van der Waals surface area contributed by atoms with Crippen molar-refractivity contribution in [3.8, 4) is 5.75 Å². The Morgan fingerprint density at radius 1 is 1.45 bits per heavy atom. The first-order chi connectivity index (χ1) is 9.02. The summed E-state index contributed by atoms with van der Waals surface area (Å²) >= 11 is 0. The molecule has 0 spiro atoms. The van der Waals surface area contributed by atoms with Crippen LogP contribution in [-0.4, -0.2) is 19.1 Å². The lowest BCUT2D eigenvalue weighted by Gasteiger charge is -2.15. The summed E-state index contributed by atoms with van der Waals surface area (Å²) in [7, 11) is 0. The van der Waals surface area contributed by atoms with E-state index in [9.17, 15) is 13.6 Å². The molecule has 1 aromatic carbocycles. The number of hydrogen-bond acceptors (Lipinski definition) is 3. The number of rotatable bonds is 7. The SMILES string of the molecule is CC(NC(=O)CCCN)c1cccc(OC(F)F)c1.Cl. The highest BCUT2D eigenvalue weighted by atomic mass is 35.5. The van der Waals surface area contributed by atoms with E-state index in [0.29, 0.717) is 24.9 Å². The van der Waals surface area contributed by atoms with Crippen molar-refractivity contribution in [3.63, 3.8) is 0 Å². The van der Waals surface area contributed by atoms with Crippen molar-refractivity contribution in [1.82, 2.24) is 5.32 Å². The molecule has 3 N–H and O–H groups in total. The third kappa shape index (κ3) is 6.68. The molecule has 1 aromatic rings. The average molecular weight is 309 g/mol. The van der Waals surface area contributed by atoms with Crippen LogP contribution in [0.25, 0.3) is 0 Å². The largest absolute Gasteiger partial charge is 0.435 e. The van der Waals surface area contributed by atoms with Gasteiger partial charge in [-0.05, 0) is 37.6 Å². The van der Waals surface area contributed by atoms with E-state index >= 15 is 0 Å². The molecule has 0 heterocycles. The molecule has 20 heavy (non-hydrogen) atoms. The maximum Gasteiger partial charge on any atom is 0.387 e. The summed E-state index contributed by atoms with van der Waals surface area (Å²) in [5.74, 6) is -0.0336. The number of benzene rings is 1. The summed E-state index contributed by atoms with van der Waals surface area (Å²) in [6.07, 6.45) is 0.973. The second-order valence-electron chi connectivity index (χ2n) is 4.13. The van der Waals surface area contributed by atoms with Gasteiger partial charge in [-0.25, -0.2) is 0 Å². The van der Waals surface area contributed by atoms with Gasteiger partial charge in [0.15, 0.2) is 0 Å². The van der Waals surface area contributed by atoms with E-state index in [-0.39, 0.29) is 30.1 Å². The molecule has 0 bridgehead atoms. The van der Waals surface area contributed by atoms with Crippen LogP contribution in [0, 0.1) is 0 Å². The number of hydrogen-bond donors (Lipinski definition) is 2. The Balaban J connectivity index is 0.00000361. The Labute approximate surface area is 123 Å². The number of alkyl halides is 2. The van der Waals surface area contributed by atoms with E-state index in [1.807, 2.05) is 0 Å². The van der Waals surface area contributed by atoms with Gasteiger partial charge in [-0.15, -0.1) is 12.4 Å². The van der Waals surface area contributed by atoms with Gasteiger partial charge >= 0.3 is 6.61 Å². The van der Waals surface area contributed by atoms with Gasteiger partial charge in [-0.3, -0.25) is 4.79 Å². The zero-order valence-electron chi connectivity index (χ0n) is 11.1. The van der Waals surface area contributed by atoms with Crippen LogP contribution in [0.5, 0.6) is 5.75 Å². The first-order valence-corrected chi connectivity index (χ1v) is 6.07. The monoisotopic (exact) mass is 308 g/mol. The molecule has 0 aliphatic heterocycles. The number of nitrogens with two attached hydrogens (primary N) is 1. The van der Waals surface area contributed by atoms with Crippen LogP contribution in [0.1, 0.15) is 31.4 Å². The topological polar surface area (TPSA) is 64.4 Å². The summed E-state index contributed by atoms with van der Waals surface area (Å²) in [5.41, 5.74) is 6.03. The molecule has 0 saturated carbocycles. The fourth-order valence-electron chi connectivity index (χ4n) is 1.62. The lowest BCUT2D eigenvalue weighted by Crippen LogP contribution is -2.26. The zero-order chi connectivity index (χ0) is 14.3. The van der Waals surface area contributed by atoms with Crippen LogP contribution >= 0.6 is 12.4 Å². The minimum Gasteiger partial charge on any atom is -0.435 e. The Morgan fingerprint density at radius 3 is 2.75 bits per heavy atom. The fraction of sp³-hybridized carbons (Fsp3) is 0.462. The van der Waals surface area contributed by atoms with E-state index in [1.54, 1.807) is 19.1 Å². The number of halogens is 3. The van der Waals surface area contributed by atoms with E-state index < -0.39 is 6.61 Å². The molecule has 114 valence electrons. The molecule has 1 amide bonds. The lowest BCUT2D eigenvalue weighted by atomic mass is 10.1. The van der Waals surface area contributed by atoms with Gasteiger partial charge in [-0.1, -0.05) is 12.1 Å². The highest BCUT2D eigenvalue weighted by Gasteiger charge is 2.11. The van der Waals surface area contributed by atoms with Crippen LogP contribution in [0.3, 0.4) is 0 Å². The molecular formula is C13H19ClF2N2O2. The van der Waals surface area contributed by atoms with Crippen molar-refractivity contribution in [2.75, 3.05) is 6.54 Å². The molecule has 7 heteroatoms. The van der Waals surface area contributed by atoms with Crippen LogP contribution in [0.2, 0.25) is 0 Å². The summed E-state index contributed by atoms with van der Waals surface area (Å²) in [6.45, 7) is -0.619. The van der Waals surface area contributed by atoms with Gasteiger partial charge in [0, 0.05) is 6.42 Å². The molecule has 0 radical (unpaired) electrons. The third-order valence-corrected chi connectivity index (χ3v) is 2.57. The van der Waals surface area contributed by atoms with E-state index in [4.69, 9.17) is 5.73 Å². The van der Waals surface area contributed by atoms with Gasteiger partial charge in [0.05, 0.1) is 6.04 Å². The van der Waals surface area contributed by atoms with Gasteiger partial charge in [0.25, 0.3) is 0 Å². The molecule has 1 atom stereocenters. The second kappa shape index (κ2) is 9.50. The minimum absolute atomic E-state index is 0. The summed E-state index contributed by atoms with van der Waals surface area (Å²) < 4.78 is 28.5. The van der Waals surface area contributed by atoms with Crippen molar-refractivity contribution in [2.45, 2.75) is 32.4 Å². The van der Waals surface area contributed by atoms with Gasteiger partial charge < -0.3 is 15.8 Å². The van der Waals surface area contributed by atoms with E-state index in [2.05, 4.69) is 10.1 Å². The fourth-order valence-corrected chi connectivity index (χ4v) is 1.62. The van der Waals surface area contributed by atoms with Crippen molar-refractivity contribution >= 4 is 18.3 Å². The molecule has 0 saturated heterocycles. The highest BCUT2D eigenvalue weighted by molar-refractivity contribution is 5.85. The minimum atomic E-state index is -2.86. The summed E-state index contributed by atoms with van der Waals surface area (Å²) in [5, 5.41) is 2.77. The highest BCUT2D eigenvalue weighted by Crippen LogP contribution is 2.20. The van der Waals surface area contributed by atoms with E-state index in [0.717, 1.165) is 0 Å². The zero-order valence-corrected chi connectivity index (χ0v) is 12.0. The van der Waals surface area contributed by atoms with E-state index in [1.165, 1.54) is 12.1 Å². The second-order valence-corrected chi connectivity index (χ2v) is 4.13. The average Bonchev–Trinajstić information content (AvgIpc) is 2.35. The third-order valence-electron chi connectivity index (χ3n) is 2.57. The molecule has 0 aromatic heterocycles. The molecule has 1 unspecified atom stereocenters. The van der Waals surface area contributed by atoms with Crippen LogP contribution < -0.4 is 15.8 Å². The smallest absolute Gasteiger partial charge is 0.387 e. The Bertz CT molecular complexity index is 419. The number of carbonyl (C=O) groups excluding carboxylic acids is 1. The van der Waals surface area contributed by atoms with Gasteiger partial charge in [-0.2, -0.15) is 8.78 Å². The number of nitrogens with one attached hydrogen (secondary N) is 1. The quantitative estimate of drug-likeness (QED) is 0.814. The van der Waals surface area contributed by atoms with Crippen molar-refractivity contribution in [1.29, 1.82) is 0 Å². The number of carbonyl (C=O) groups is 1. The van der Waals surface area contributed by atoms with Crippen LogP contribution in [-0.2, 0) is 4.79 Å². The van der Waals surface area contributed by atoms with Crippen molar-refractivity contribution in [3.05, 3.63) is 29.8 Å². The molecule has 1 rings (SSSR count). The normalized spacial score (nSPS) is 11.7. The first-order valence-electron chi connectivity index (χ1n) is 6.07. The van der Waals surface area contributed by atoms with Crippen molar-refractivity contribution < 1.29 is 18.3 Å². The molecular weight excluding hydrogens is 290 g/mol. The first kappa shape index (κ1) is 18.6. The predicted molar refractivity (Wildman–Crippen MR) is 75.2 cm³/mol. The molecule has 0 aliphatic carbocycles. The number of ether oxygens (including phenoxy) is 1. The van der Waals surface area contributed by atoms with Crippen LogP contribution in [0.4, 0.5) is 8.78 Å². The summed E-state index contributed by atoms with van der Waals surface area (Å²) in [4.78, 5) is 11.5. The van der Waals surface area contributed by atoms with Gasteiger partial charge in [0.1, 0.15) is 5.75 Å². The van der Waals surface area contributed by atoms with Crippen LogP contribution in [0.15, 0.2) is 24.3 Å². The van der Waals surface area contributed by atoms with Gasteiger partial charge in [0.2, 0.25) is 5.91 Å². The maximum absolute atomic E-state index is 12.1. The Hall–Kier alpha value is -1.40. The molecule has 4 nitrogen and oxygen atoms in total. The molecule has 0 fully saturated rings. The predicted octanol–water partition coefficient (Wildman–Crippen LogP) is 2.63. The summed E-state index contributed by atoms with van der Waals surface area (Å²) in [6, 6.07) is 6.01. The lowest BCUT2D eigenvalue weighted by molar-refractivity contribution is -0.121. The Morgan fingerprint density at radius 2 is 2.15 bits per heavy atom.